The molecule has 28 heavy (non-hydrogen) atoms. The molecule has 0 unspecified atom stereocenters. The summed E-state index contributed by atoms with van der Waals surface area (Å²) in [6, 6.07) is 18.1. The smallest absolute Gasteiger partial charge is 0.311 e. The number of imide groups is 1. The van der Waals surface area contributed by atoms with Crippen LogP contribution in [0.2, 0.25) is 0 Å². The van der Waals surface area contributed by atoms with E-state index in [1.165, 1.54) is 4.90 Å². The predicted molar refractivity (Wildman–Crippen MR) is 105 cm³/mol. The third kappa shape index (κ3) is 3.27. The van der Waals surface area contributed by atoms with Crippen LogP contribution in [-0.4, -0.2) is 29.2 Å². The number of hydrogen-bond donors (Lipinski definition) is 0. The number of carbonyl (C=O) groups excluding carboxylic acids is 3. The lowest BCUT2D eigenvalue weighted by atomic mass is 9.94. The van der Waals surface area contributed by atoms with Crippen molar-refractivity contribution in [2.75, 3.05) is 6.54 Å². The van der Waals surface area contributed by atoms with E-state index in [2.05, 4.69) is 0 Å². The van der Waals surface area contributed by atoms with Crippen LogP contribution < -0.4 is 4.74 Å². The maximum atomic E-state index is 12.8. The highest BCUT2D eigenvalue weighted by Crippen LogP contribution is 2.30. The quantitative estimate of drug-likeness (QED) is 0.383. The Bertz CT molecular complexity index is 1050. The Morgan fingerprint density at radius 2 is 1.57 bits per heavy atom. The number of benzene rings is 3. The summed E-state index contributed by atoms with van der Waals surface area (Å²) in [7, 11) is 0. The van der Waals surface area contributed by atoms with Crippen molar-refractivity contribution < 1.29 is 19.1 Å². The fourth-order valence-electron chi connectivity index (χ4n) is 3.53. The number of nitrogens with zero attached hydrogens (tertiary/aromatic N) is 1. The molecule has 4 rings (SSSR count). The standard InChI is InChI=1S/C23H19NO4/c1-15-6-2-9-17(14-15)28-20(25)12-5-13-24-22(26)18-10-3-7-16-8-4-11-19(21(16)18)23(24)27/h2-4,6-11,14H,5,12-13H2,1H3. The third-order valence-corrected chi connectivity index (χ3v) is 4.84. The van der Waals surface area contributed by atoms with E-state index in [1.54, 1.807) is 24.3 Å². The lowest BCUT2D eigenvalue weighted by Gasteiger charge is -2.27. The SMILES string of the molecule is Cc1cccc(OC(=O)CCCN2C(=O)c3cccc4cccc(c34)C2=O)c1. The highest BCUT2D eigenvalue weighted by molar-refractivity contribution is 6.25. The summed E-state index contributed by atoms with van der Waals surface area (Å²) in [5.41, 5.74) is 2.05. The van der Waals surface area contributed by atoms with Crippen molar-refractivity contribution in [2.45, 2.75) is 19.8 Å². The molecule has 2 amide bonds. The van der Waals surface area contributed by atoms with Gasteiger partial charge in [-0.1, -0.05) is 36.4 Å². The average Bonchev–Trinajstić information content (AvgIpc) is 2.68. The first kappa shape index (κ1) is 17.9. The largest absolute Gasteiger partial charge is 0.427 e. The number of ether oxygens (including phenoxy) is 1. The molecule has 0 aliphatic carbocycles. The van der Waals surface area contributed by atoms with E-state index in [0.29, 0.717) is 28.7 Å². The summed E-state index contributed by atoms with van der Waals surface area (Å²) in [5, 5.41) is 1.58. The average molecular weight is 373 g/mol. The first-order valence-electron chi connectivity index (χ1n) is 9.20. The molecule has 0 aromatic heterocycles. The molecule has 0 saturated heterocycles. The highest BCUT2D eigenvalue weighted by Gasteiger charge is 2.32. The van der Waals surface area contributed by atoms with Crippen molar-refractivity contribution in [3.8, 4) is 5.75 Å². The molecule has 0 N–H and O–H groups in total. The van der Waals surface area contributed by atoms with E-state index in [0.717, 1.165) is 10.9 Å². The fourth-order valence-corrected chi connectivity index (χ4v) is 3.53. The van der Waals surface area contributed by atoms with Gasteiger partial charge < -0.3 is 4.74 Å². The number of esters is 1. The molecular weight excluding hydrogens is 354 g/mol. The first-order valence-corrected chi connectivity index (χ1v) is 9.20. The van der Waals surface area contributed by atoms with Crippen molar-refractivity contribution in [1.29, 1.82) is 0 Å². The first-order chi connectivity index (χ1) is 13.5. The van der Waals surface area contributed by atoms with Crippen LogP contribution in [0.3, 0.4) is 0 Å². The van der Waals surface area contributed by atoms with Crippen LogP contribution in [0.15, 0.2) is 60.7 Å². The molecule has 5 heteroatoms. The third-order valence-electron chi connectivity index (χ3n) is 4.84. The van der Waals surface area contributed by atoms with E-state index in [4.69, 9.17) is 4.74 Å². The lowest BCUT2D eigenvalue weighted by Crippen LogP contribution is -2.41. The second-order valence-corrected chi connectivity index (χ2v) is 6.87. The van der Waals surface area contributed by atoms with Gasteiger partial charge in [-0.2, -0.15) is 0 Å². The van der Waals surface area contributed by atoms with Gasteiger partial charge in [-0.15, -0.1) is 0 Å². The van der Waals surface area contributed by atoms with Crippen molar-refractivity contribution in [1.82, 2.24) is 4.90 Å². The number of aryl methyl sites for hydroxylation is 1. The number of amides is 2. The molecule has 0 spiro atoms. The van der Waals surface area contributed by atoms with Gasteiger partial charge in [0.1, 0.15) is 5.75 Å². The molecule has 1 aliphatic rings. The molecule has 0 radical (unpaired) electrons. The molecule has 0 bridgehead atoms. The van der Waals surface area contributed by atoms with E-state index >= 15 is 0 Å². The van der Waals surface area contributed by atoms with Crippen LogP contribution in [0.1, 0.15) is 39.1 Å². The summed E-state index contributed by atoms with van der Waals surface area (Å²) < 4.78 is 5.31. The van der Waals surface area contributed by atoms with E-state index in [1.807, 2.05) is 43.3 Å². The Kier molecular flexibility index (Phi) is 4.65. The van der Waals surface area contributed by atoms with Gasteiger partial charge in [0.25, 0.3) is 11.8 Å². The summed E-state index contributed by atoms with van der Waals surface area (Å²) in [6.07, 6.45) is 0.469. The van der Waals surface area contributed by atoms with Crippen molar-refractivity contribution in [3.63, 3.8) is 0 Å². The predicted octanol–water partition coefficient (Wildman–Crippen LogP) is 4.13. The molecule has 0 atom stereocenters. The maximum Gasteiger partial charge on any atom is 0.311 e. The number of hydrogen-bond acceptors (Lipinski definition) is 4. The van der Waals surface area contributed by atoms with Gasteiger partial charge in [-0.05, 0) is 48.6 Å². The van der Waals surface area contributed by atoms with Crippen molar-refractivity contribution in [2.24, 2.45) is 0 Å². The summed E-state index contributed by atoms with van der Waals surface area (Å²) in [6.45, 7) is 2.09. The van der Waals surface area contributed by atoms with E-state index in [-0.39, 0.29) is 30.7 Å². The van der Waals surface area contributed by atoms with Crippen LogP contribution in [0, 0.1) is 6.92 Å². The van der Waals surface area contributed by atoms with Crippen LogP contribution in [0.4, 0.5) is 0 Å². The van der Waals surface area contributed by atoms with Crippen LogP contribution in [0.5, 0.6) is 5.75 Å². The second-order valence-electron chi connectivity index (χ2n) is 6.87. The van der Waals surface area contributed by atoms with Gasteiger partial charge in [-0.3, -0.25) is 19.3 Å². The van der Waals surface area contributed by atoms with Gasteiger partial charge in [0, 0.05) is 29.5 Å². The Balaban J connectivity index is 1.44. The minimum Gasteiger partial charge on any atom is -0.427 e. The second kappa shape index (κ2) is 7.27. The van der Waals surface area contributed by atoms with Gasteiger partial charge in [-0.25, -0.2) is 0 Å². The minimum atomic E-state index is -0.384. The lowest BCUT2D eigenvalue weighted by molar-refractivity contribution is -0.134. The Morgan fingerprint density at radius 3 is 2.21 bits per heavy atom. The molecule has 140 valence electrons. The minimum absolute atomic E-state index is 0.122. The van der Waals surface area contributed by atoms with Gasteiger partial charge >= 0.3 is 5.97 Å². The maximum absolute atomic E-state index is 12.8. The fraction of sp³-hybridized carbons (Fsp3) is 0.174. The number of rotatable bonds is 5. The van der Waals surface area contributed by atoms with Gasteiger partial charge in [0.2, 0.25) is 0 Å². The molecule has 0 saturated carbocycles. The Labute approximate surface area is 162 Å². The van der Waals surface area contributed by atoms with Crippen molar-refractivity contribution >= 4 is 28.6 Å². The summed E-state index contributed by atoms with van der Waals surface area (Å²) in [5.74, 6) is -0.525. The van der Waals surface area contributed by atoms with E-state index < -0.39 is 0 Å². The zero-order valence-corrected chi connectivity index (χ0v) is 15.5. The summed E-state index contributed by atoms with van der Waals surface area (Å²) >= 11 is 0. The molecule has 0 fully saturated rings. The van der Waals surface area contributed by atoms with Gasteiger partial charge in [0.15, 0.2) is 0 Å². The Hall–Kier alpha value is -3.47. The highest BCUT2D eigenvalue weighted by atomic mass is 16.5. The topological polar surface area (TPSA) is 63.7 Å². The van der Waals surface area contributed by atoms with Crippen molar-refractivity contribution in [3.05, 3.63) is 77.4 Å². The number of carbonyl (C=O) groups is 3. The van der Waals surface area contributed by atoms with Crippen LogP contribution >= 0.6 is 0 Å². The molecule has 3 aromatic rings. The summed E-state index contributed by atoms with van der Waals surface area (Å²) in [4.78, 5) is 38.9. The van der Waals surface area contributed by atoms with Crippen LogP contribution in [0.25, 0.3) is 10.8 Å². The molecule has 3 aromatic carbocycles. The van der Waals surface area contributed by atoms with Crippen LogP contribution in [-0.2, 0) is 4.79 Å². The van der Waals surface area contributed by atoms with Gasteiger partial charge in [0.05, 0.1) is 0 Å². The molecule has 1 aliphatic heterocycles. The van der Waals surface area contributed by atoms with E-state index in [9.17, 15) is 14.4 Å². The zero-order chi connectivity index (χ0) is 19.7. The molecule has 5 nitrogen and oxygen atoms in total. The Morgan fingerprint density at radius 1 is 0.929 bits per heavy atom. The normalized spacial score (nSPS) is 13.1. The zero-order valence-electron chi connectivity index (χ0n) is 15.5. The molecular formula is C23H19NO4. The monoisotopic (exact) mass is 373 g/mol. The molecule has 1 heterocycles.